The SMILES string of the molecule is CC1CC(C)(C)N(C)c2cc(F)c(/C=N\NC(=O)c3cccc4ccccc34)cc21. The zero-order valence-electron chi connectivity index (χ0n) is 17.7. The molecule has 30 heavy (non-hydrogen) atoms. The van der Waals surface area contributed by atoms with E-state index < -0.39 is 0 Å². The fourth-order valence-corrected chi connectivity index (χ4v) is 4.35. The van der Waals surface area contributed by atoms with Crippen LogP contribution in [0.4, 0.5) is 10.1 Å². The number of carbonyl (C=O) groups excluding carboxylic acids is 1. The van der Waals surface area contributed by atoms with Crippen molar-refractivity contribution in [3.05, 3.63) is 77.1 Å². The normalized spacial score (nSPS) is 17.9. The van der Waals surface area contributed by atoms with Crippen LogP contribution in [-0.2, 0) is 0 Å². The number of hydrogen-bond donors (Lipinski definition) is 1. The van der Waals surface area contributed by atoms with Crippen molar-refractivity contribution in [2.75, 3.05) is 11.9 Å². The van der Waals surface area contributed by atoms with Crippen molar-refractivity contribution >= 4 is 28.6 Å². The first-order valence-corrected chi connectivity index (χ1v) is 10.2. The number of nitrogens with one attached hydrogen (secondary N) is 1. The monoisotopic (exact) mass is 403 g/mol. The maximum atomic E-state index is 14.8. The number of halogens is 1. The summed E-state index contributed by atoms with van der Waals surface area (Å²) in [6.45, 7) is 6.50. The quantitative estimate of drug-likeness (QED) is 0.466. The average Bonchev–Trinajstić information content (AvgIpc) is 2.72. The van der Waals surface area contributed by atoms with Crippen LogP contribution >= 0.6 is 0 Å². The number of rotatable bonds is 3. The Morgan fingerprint density at radius 3 is 2.73 bits per heavy atom. The van der Waals surface area contributed by atoms with Crippen molar-refractivity contribution in [3.8, 4) is 0 Å². The van der Waals surface area contributed by atoms with Gasteiger partial charge in [0.1, 0.15) is 5.82 Å². The van der Waals surface area contributed by atoms with Gasteiger partial charge in [-0.15, -0.1) is 0 Å². The summed E-state index contributed by atoms with van der Waals surface area (Å²) in [5.41, 5.74) is 5.42. The van der Waals surface area contributed by atoms with Crippen molar-refractivity contribution in [1.82, 2.24) is 5.43 Å². The second kappa shape index (κ2) is 7.56. The van der Waals surface area contributed by atoms with E-state index in [-0.39, 0.29) is 17.3 Å². The number of benzene rings is 3. The fraction of sp³-hybridized carbons (Fsp3) is 0.280. The molecular formula is C25H26FN3O. The highest BCUT2D eigenvalue weighted by Gasteiger charge is 2.34. The second-order valence-electron chi connectivity index (χ2n) is 8.63. The number of carbonyl (C=O) groups is 1. The first-order chi connectivity index (χ1) is 14.3. The smallest absolute Gasteiger partial charge is 0.271 e. The zero-order valence-corrected chi connectivity index (χ0v) is 17.7. The summed E-state index contributed by atoms with van der Waals surface area (Å²) >= 11 is 0. The Kier molecular flexibility index (Phi) is 5.06. The molecule has 1 heterocycles. The standard InChI is InChI=1S/C25H26FN3O/c1-16-14-25(2,3)29(4)23-13-22(26)18(12-21(16)23)15-27-28-24(30)20-11-7-9-17-8-5-6-10-19(17)20/h5-13,15-16H,14H2,1-4H3,(H,28,30)/b27-15-. The molecule has 0 saturated carbocycles. The van der Waals surface area contributed by atoms with Gasteiger partial charge in [0.15, 0.2) is 0 Å². The van der Waals surface area contributed by atoms with E-state index in [1.807, 2.05) is 49.5 Å². The molecule has 1 unspecified atom stereocenters. The maximum Gasteiger partial charge on any atom is 0.271 e. The Morgan fingerprint density at radius 2 is 1.93 bits per heavy atom. The third kappa shape index (κ3) is 3.56. The highest BCUT2D eigenvalue weighted by Crippen LogP contribution is 2.43. The molecule has 3 aromatic rings. The summed E-state index contributed by atoms with van der Waals surface area (Å²) in [6.07, 6.45) is 2.36. The van der Waals surface area contributed by atoms with Gasteiger partial charge in [-0.2, -0.15) is 5.10 Å². The van der Waals surface area contributed by atoms with E-state index in [1.165, 1.54) is 6.21 Å². The molecule has 4 rings (SSSR count). The summed E-state index contributed by atoms with van der Waals surface area (Å²) in [5, 5.41) is 5.87. The third-order valence-electron chi connectivity index (χ3n) is 6.16. The minimum absolute atomic E-state index is 0.0269. The van der Waals surface area contributed by atoms with Crippen LogP contribution in [0, 0.1) is 5.82 Å². The predicted molar refractivity (Wildman–Crippen MR) is 121 cm³/mol. The number of nitrogens with zero attached hydrogens (tertiary/aromatic N) is 2. The van der Waals surface area contributed by atoms with Crippen molar-refractivity contribution in [1.29, 1.82) is 0 Å². The van der Waals surface area contributed by atoms with E-state index in [0.29, 0.717) is 17.0 Å². The van der Waals surface area contributed by atoms with Gasteiger partial charge in [-0.25, -0.2) is 9.82 Å². The van der Waals surface area contributed by atoms with Gasteiger partial charge in [-0.05, 0) is 60.7 Å². The van der Waals surface area contributed by atoms with Gasteiger partial charge in [0.05, 0.1) is 6.21 Å². The molecule has 0 aliphatic carbocycles. The lowest BCUT2D eigenvalue weighted by molar-refractivity contribution is 0.0957. The van der Waals surface area contributed by atoms with E-state index in [2.05, 4.69) is 36.2 Å². The summed E-state index contributed by atoms with van der Waals surface area (Å²) in [4.78, 5) is 14.7. The van der Waals surface area contributed by atoms with Crippen molar-refractivity contribution in [3.63, 3.8) is 0 Å². The minimum atomic E-state index is -0.353. The maximum absolute atomic E-state index is 14.8. The fourth-order valence-electron chi connectivity index (χ4n) is 4.35. The molecule has 1 amide bonds. The molecule has 1 aliphatic rings. The molecule has 3 aromatic carbocycles. The largest absolute Gasteiger partial charge is 0.369 e. The Hall–Kier alpha value is -3.21. The Bertz CT molecular complexity index is 1150. The topological polar surface area (TPSA) is 44.7 Å². The van der Waals surface area contributed by atoms with Crippen LogP contribution in [0.25, 0.3) is 10.8 Å². The van der Waals surface area contributed by atoms with Crippen molar-refractivity contribution in [2.45, 2.75) is 38.6 Å². The Labute approximate surface area is 176 Å². The zero-order chi connectivity index (χ0) is 21.5. The molecule has 1 aliphatic heterocycles. The first-order valence-electron chi connectivity index (χ1n) is 10.2. The highest BCUT2D eigenvalue weighted by atomic mass is 19.1. The average molecular weight is 404 g/mol. The highest BCUT2D eigenvalue weighted by molar-refractivity contribution is 6.07. The van der Waals surface area contributed by atoms with E-state index in [0.717, 1.165) is 28.4 Å². The summed E-state index contributed by atoms with van der Waals surface area (Å²) < 4.78 is 14.8. The van der Waals surface area contributed by atoms with E-state index in [1.54, 1.807) is 12.1 Å². The lowest BCUT2D eigenvalue weighted by atomic mass is 9.80. The number of anilines is 1. The van der Waals surface area contributed by atoms with Crippen LogP contribution in [0.1, 0.15) is 54.6 Å². The van der Waals surface area contributed by atoms with Crippen LogP contribution in [-0.4, -0.2) is 24.7 Å². The van der Waals surface area contributed by atoms with Crippen molar-refractivity contribution < 1.29 is 9.18 Å². The van der Waals surface area contributed by atoms with Gasteiger partial charge in [-0.1, -0.05) is 43.3 Å². The van der Waals surface area contributed by atoms with Crippen LogP contribution in [0.2, 0.25) is 0 Å². The Balaban J connectivity index is 1.58. The lowest BCUT2D eigenvalue weighted by Crippen LogP contribution is -2.45. The molecule has 0 fully saturated rings. The van der Waals surface area contributed by atoms with Gasteiger partial charge >= 0.3 is 0 Å². The van der Waals surface area contributed by atoms with Gasteiger partial charge in [0.2, 0.25) is 0 Å². The minimum Gasteiger partial charge on any atom is -0.369 e. The molecule has 1 atom stereocenters. The van der Waals surface area contributed by atoms with Gasteiger partial charge in [0.25, 0.3) is 5.91 Å². The molecule has 4 nitrogen and oxygen atoms in total. The number of fused-ring (bicyclic) bond motifs is 2. The molecule has 0 saturated heterocycles. The van der Waals surface area contributed by atoms with E-state index in [9.17, 15) is 9.18 Å². The number of hydrogen-bond acceptors (Lipinski definition) is 3. The van der Waals surface area contributed by atoms with Crippen LogP contribution in [0.5, 0.6) is 0 Å². The molecular weight excluding hydrogens is 377 g/mol. The molecule has 0 radical (unpaired) electrons. The number of amides is 1. The number of hydrazone groups is 1. The summed E-state index contributed by atoms with van der Waals surface area (Å²) in [5.74, 6) is -0.367. The van der Waals surface area contributed by atoms with Gasteiger partial charge < -0.3 is 4.90 Å². The first kappa shape index (κ1) is 20.1. The van der Waals surface area contributed by atoms with E-state index in [4.69, 9.17) is 0 Å². The molecule has 5 heteroatoms. The van der Waals surface area contributed by atoms with E-state index >= 15 is 0 Å². The summed E-state index contributed by atoms with van der Waals surface area (Å²) in [7, 11) is 2.00. The van der Waals surface area contributed by atoms with Gasteiger partial charge in [0, 0.05) is 29.4 Å². The van der Waals surface area contributed by atoms with Crippen LogP contribution < -0.4 is 10.3 Å². The van der Waals surface area contributed by atoms with Crippen LogP contribution in [0.3, 0.4) is 0 Å². The molecule has 0 spiro atoms. The molecule has 1 N–H and O–H groups in total. The van der Waals surface area contributed by atoms with Crippen LogP contribution in [0.15, 0.2) is 59.7 Å². The predicted octanol–water partition coefficient (Wildman–Crippen LogP) is 5.46. The molecule has 0 aromatic heterocycles. The third-order valence-corrected chi connectivity index (χ3v) is 6.16. The second-order valence-corrected chi connectivity index (χ2v) is 8.63. The lowest BCUT2D eigenvalue weighted by Gasteiger charge is -2.45. The molecule has 0 bridgehead atoms. The van der Waals surface area contributed by atoms with Crippen molar-refractivity contribution in [2.24, 2.45) is 5.10 Å². The van der Waals surface area contributed by atoms with Gasteiger partial charge in [-0.3, -0.25) is 4.79 Å². The summed E-state index contributed by atoms with van der Waals surface area (Å²) in [6, 6.07) is 16.6. The Morgan fingerprint density at radius 1 is 1.20 bits per heavy atom. The molecule has 154 valence electrons.